The van der Waals surface area contributed by atoms with Crippen LogP contribution in [-0.2, 0) is 20.9 Å². The van der Waals surface area contributed by atoms with Crippen molar-refractivity contribution in [2.45, 2.75) is 20.0 Å². The molecule has 27 heavy (non-hydrogen) atoms. The molecule has 0 radical (unpaired) electrons. The van der Waals surface area contributed by atoms with E-state index in [0.29, 0.717) is 23.8 Å². The SMILES string of the molecule is Cc1ccccc1N1C[C@H](C(=O)OCc2cc(-c3ccco3)on2)CC1=O. The largest absolute Gasteiger partial charge is 0.461 e. The molecule has 1 aliphatic rings. The van der Waals surface area contributed by atoms with Crippen LogP contribution >= 0.6 is 0 Å². The molecule has 7 nitrogen and oxygen atoms in total. The normalized spacial score (nSPS) is 16.7. The summed E-state index contributed by atoms with van der Waals surface area (Å²) in [5.74, 6) is 0.0338. The first kappa shape index (κ1) is 17.1. The van der Waals surface area contributed by atoms with Gasteiger partial charge in [0.2, 0.25) is 11.7 Å². The topological polar surface area (TPSA) is 85.8 Å². The zero-order chi connectivity index (χ0) is 18.8. The molecular formula is C20H18N2O5. The number of hydrogen-bond donors (Lipinski definition) is 0. The van der Waals surface area contributed by atoms with Gasteiger partial charge in [0, 0.05) is 24.7 Å². The standard InChI is InChI=1S/C20H18N2O5/c1-13-5-2-3-6-16(13)22-11-14(9-19(22)23)20(24)26-12-15-10-18(27-21-15)17-7-4-8-25-17/h2-8,10,14H,9,11-12H2,1H3/t14-/m1/s1. The van der Waals surface area contributed by atoms with Gasteiger partial charge in [-0.1, -0.05) is 23.4 Å². The van der Waals surface area contributed by atoms with Crippen molar-refractivity contribution in [3.05, 3.63) is 60.0 Å². The summed E-state index contributed by atoms with van der Waals surface area (Å²) >= 11 is 0. The third-order valence-corrected chi connectivity index (χ3v) is 4.55. The number of benzene rings is 1. The van der Waals surface area contributed by atoms with Gasteiger partial charge in [-0.15, -0.1) is 0 Å². The number of aryl methyl sites for hydroxylation is 1. The van der Waals surface area contributed by atoms with Crippen LogP contribution in [0.5, 0.6) is 0 Å². The van der Waals surface area contributed by atoms with Crippen LogP contribution in [-0.4, -0.2) is 23.6 Å². The Labute approximate surface area is 155 Å². The van der Waals surface area contributed by atoms with E-state index in [9.17, 15) is 9.59 Å². The lowest BCUT2D eigenvalue weighted by atomic mass is 10.1. The fourth-order valence-electron chi connectivity index (χ4n) is 3.14. The van der Waals surface area contributed by atoms with E-state index in [1.807, 2.05) is 31.2 Å². The molecule has 7 heteroatoms. The number of esters is 1. The fourth-order valence-corrected chi connectivity index (χ4v) is 3.14. The molecule has 1 amide bonds. The van der Waals surface area contributed by atoms with Gasteiger partial charge in [-0.05, 0) is 30.7 Å². The Morgan fingerprint density at radius 1 is 1.26 bits per heavy atom. The monoisotopic (exact) mass is 366 g/mol. The molecule has 0 bridgehead atoms. The zero-order valence-electron chi connectivity index (χ0n) is 14.8. The lowest BCUT2D eigenvalue weighted by Gasteiger charge is -2.18. The summed E-state index contributed by atoms with van der Waals surface area (Å²) in [4.78, 5) is 26.4. The lowest BCUT2D eigenvalue weighted by molar-refractivity contribution is -0.149. The molecular weight excluding hydrogens is 348 g/mol. The minimum absolute atomic E-state index is 0.0158. The third kappa shape index (κ3) is 3.48. The highest BCUT2D eigenvalue weighted by atomic mass is 16.5. The summed E-state index contributed by atoms with van der Waals surface area (Å²) in [7, 11) is 0. The minimum Gasteiger partial charge on any atom is -0.461 e. The summed E-state index contributed by atoms with van der Waals surface area (Å²) < 4.78 is 15.7. The van der Waals surface area contributed by atoms with Crippen LogP contribution < -0.4 is 4.90 Å². The fraction of sp³-hybridized carbons (Fsp3) is 0.250. The summed E-state index contributed by atoms with van der Waals surface area (Å²) in [5, 5.41) is 3.87. The molecule has 3 heterocycles. The van der Waals surface area contributed by atoms with Gasteiger partial charge in [0.05, 0.1) is 12.2 Å². The van der Waals surface area contributed by atoms with Crippen LogP contribution in [0.25, 0.3) is 11.5 Å². The van der Waals surface area contributed by atoms with Crippen LogP contribution in [0.2, 0.25) is 0 Å². The number of carbonyl (C=O) groups is 2. The Hall–Kier alpha value is -3.35. The molecule has 3 aromatic rings. The maximum absolute atomic E-state index is 12.4. The van der Waals surface area contributed by atoms with Gasteiger partial charge in [0.1, 0.15) is 12.3 Å². The summed E-state index contributed by atoms with van der Waals surface area (Å²) in [5.41, 5.74) is 2.31. The van der Waals surface area contributed by atoms with Gasteiger partial charge in [0.15, 0.2) is 5.76 Å². The van der Waals surface area contributed by atoms with E-state index >= 15 is 0 Å². The Morgan fingerprint density at radius 3 is 2.89 bits per heavy atom. The predicted octanol–water partition coefficient (Wildman–Crippen LogP) is 3.34. The van der Waals surface area contributed by atoms with E-state index in [0.717, 1.165) is 11.3 Å². The Kier molecular flexibility index (Phi) is 4.50. The van der Waals surface area contributed by atoms with Gasteiger partial charge >= 0.3 is 5.97 Å². The lowest BCUT2D eigenvalue weighted by Crippen LogP contribution is -2.27. The molecule has 4 rings (SSSR count). The van der Waals surface area contributed by atoms with E-state index in [-0.39, 0.29) is 18.9 Å². The van der Waals surface area contributed by atoms with Crippen molar-refractivity contribution < 1.29 is 23.3 Å². The number of furan rings is 1. The first-order chi connectivity index (χ1) is 13.1. The number of rotatable bonds is 5. The molecule has 1 saturated heterocycles. The van der Waals surface area contributed by atoms with Crippen LogP contribution in [0.15, 0.2) is 57.7 Å². The molecule has 0 spiro atoms. The number of ether oxygens (including phenoxy) is 1. The molecule has 1 aliphatic heterocycles. The second-order valence-electron chi connectivity index (χ2n) is 6.46. The summed E-state index contributed by atoms with van der Waals surface area (Å²) in [6.45, 7) is 2.24. The highest BCUT2D eigenvalue weighted by Gasteiger charge is 2.36. The zero-order valence-corrected chi connectivity index (χ0v) is 14.8. The molecule has 1 aromatic carbocycles. The molecule has 1 fully saturated rings. The van der Waals surface area contributed by atoms with Crippen molar-refractivity contribution in [3.63, 3.8) is 0 Å². The van der Waals surface area contributed by atoms with Crippen LogP contribution in [0.3, 0.4) is 0 Å². The number of anilines is 1. The number of nitrogens with zero attached hydrogens (tertiary/aromatic N) is 2. The number of aromatic nitrogens is 1. The van der Waals surface area contributed by atoms with Gasteiger partial charge in [-0.25, -0.2) is 0 Å². The van der Waals surface area contributed by atoms with Gasteiger partial charge < -0.3 is 18.6 Å². The van der Waals surface area contributed by atoms with Gasteiger partial charge in [-0.2, -0.15) is 0 Å². The second-order valence-corrected chi connectivity index (χ2v) is 6.46. The maximum Gasteiger partial charge on any atom is 0.311 e. The van der Waals surface area contributed by atoms with Crippen LogP contribution in [0.4, 0.5) is 5.69 Å². The highest BCUT2D eigenvalue weighted by Crippen LogP contribution is 2.28. The first-order valence-corrected chi connectivity index (χ1v) is 8.64. The molecule has 138 valence electrons. The van der Waals surface area contributed by atoms with E-state index < -0.39 is 11.9 Å². The van der Waals surface area contributed by atoms with Crippen molar-refractivity contribution in [1.82, 2.24) is 5.16 Å². The van der Waals surface area contributed by atoms with Crippen molar-refractivity contribution in [2.75, 3.05) is 11.4 Å². The first-order valence-electron chi connectivity index (χ1n) is 8.64. The summed E-state index contributed by atoms with van der Waals surface area (Å²) in [6.07, 6.45) is 1.68. The summed E-state index contributed by atoms with van der Waals surface area (Å²) in [6, 6.07) is 12.8. The third-order valence-electron chi connectivity index (χ3n) is 4.55. The molecule has 0 N–H and O–H groups in total. The molecule has 2 aromatic heterocycles. The molecule has 0 unspecified atom stereocenters. The second kappa shape index (κ2) is 7.11. The van der Waals surface area contributed by atoms with Gasteiger partial charge in [0.25, 0.3) is 0 Å². The molecule has 0 aliphatic carbocycles. The van der Waals surface area contributed by atoms with Crippen molar-refractivity contribution in [1.29, 1.82) is 0 Å². The van der Waals surface area contributed by atoms with Crippen molar-refractivity contribution >= 4 is 17.6 Å². The average molecular weight is 366 g/mol. The van der Waals surface area contributed by atoms with Crippen LogP contribution in [0.1, 0.15) is 17.7 Å². The Morgan fingerprint density at radius 2 is 2.11 bits per heavy atom. The number of hydrogen-bond acceptors (Lipinski definition) is 6. The number of para-hydroxylation sites is 1. The van der Waals surface area contributed by atoms with Crippen molar-refractivity contribution in [3.8, 4) is 11.5 Å². The minimum atomic E-state index is -0.492. The Balaban J connectivity index is 1.37. The van der Waals surface area contributed by atoms with Crippen molar-refractivity contribution in [2.24, 2.45) is 5.92 Å². The van der Waals surface area contributed by atoms with E-state index in [2.05, 4.69) is 5.16 Å². The quantitative estimate of drug-likeness (QED) is 0.644. The Bertz CT molecular complexity index is 960. The van der Waals surface area contributed by atoms with Gasteiger partial charge in [-0.3, -0.25) is 9.59 Å². The van der Waals surface area contributed by atoms with E-state index in [1.54, 1.807) is 23.1 Å². The maximum atomic E-state index is 12.4. The average Bonchev–Trinajstić information content (AvgIpc) is 3.40. The molecule has 1 atom stereocenters. The highest BCUT2D eigenvalue weighted by molar-refractivity contribution is 6.00. The number of amides is 1. The predicted molar refractivity (Wildman–Crippen MR) is 95.6 cm³/mol. The molecule has 0 saturated carbocycles. The smallest absolute Gasteiger partial charge is 0.311 e. The van der Waals surface area contributed by atoms with Crippen LogP contribution in [0, 0.1) is 12.8 Å². The van der Waals surface area contributed by atoms with E-state index in [1.165, 1.54) is 6.26 Å². The van der Waals surface area contributed by atoms with E-state index in [4.69, 9.17) is 13.7 Å². The number of carbonyl (C=O) groups excluding carboxylic acids is 2.